The molecule has 0 spiro atoms. The molecule has 0 radical (unpaired) electrons. The van der Waals surface area contributed by atoms with Crippen LogP contribution in [0.25, 0.3) is 5.53 Å². The third-order valence-corrected chi connectivity index (χ3v) is 5.33. The van der Waals surface area contributed by atoms with E-state index in [0.29, 0.717) is 0 Å². The first-order valence-corrected chi connectivity index (χ1v) is 6.98. The van der Waals surface area contributed by atoms with E-state index in [2.05, 4.69) is 35.1 Å². The van der Waals surface area contributed by atoms with Crippen LogP contribution in [0.2, 0.25) is 0 Å². The Kier molecular flexibility index (Phi) is 2.87. The number of hydrogen-bond acceptors (Lipinski definition) is 1. The van der Waals surface area contributed by atoms with Gasteiger partial charge in [-0.25, -0.2) is 0 Å². The molecule has 0 aliphatic heterocycles. The normalized spacial score (nSPS) is 32.6. The Hall–Kier alpha value is -1.73. The van der Waals surface area contributed by atoms with E-state index in [-0.39, 0.29) is 16.6 Å². The van der Waals surface area contributed by atoms with Gasteiger partial charge < -0.3 is 5.53 Å². The molecule has 98 valence electrons. The smallest absolute Gasteiger partial charge is 0.323 e. The molecule has 0 atom stereocenters. The van der Waals surface area contributed by atoms with Crippen LogP contribution in [0.4, 0.5) is 0 Å². The first-order chi connectivity index (χ1) is 9.21. The van der Waals surface area contributed by atoms with Crippen molar-refractivity contribution in [2.75, 3.05) is 0 Å². The lowest BCUT2D eigenvalue weighted by molar-refractivity contribution is -0.131. The molecule has 2 bridgehead atoms. The van der Waals surface area contributed by atoms with Gasteiger partial charge in [0.25, 0.3) is 0 Å². The molecule has 3 nitrogen and oxygen atoms in total. The summed E-state index contributed by atoms with van der Waals surface area (Å²) in [7, 11) is 0. The number of nitrogens with zero attached hydrogens (tertiary/aromatic N) is 2. The molecular weight excluding hydrogens is 236 g/mol. The van der Waals surface area contributed by atoms with Crippen LogP contribution in [0.1, 0.15) is 44.1 Å². The minimum atomic E-state index is -0.247. The van der Waals surface area contributed by atoms with E-state index in [1.54, 1.807) is 0 Å². The summed E-state index contributed by atoms with van der Waals surface area (Å²) in [6.07, 6.45) is 7.08. The van der Waals surface area contributed by atoms with Crippen LogP contribution >= 0.6 is 0 Å². The van der Waals surface area contributed by atoms with Crippen molar-refractivity contribution in [1.29, 1.82) is 0 Å². The Morgan fingerprint density at radius 2 is 1.63 bits per heavy atom. The topological polar surface area (TPSA) is 53.5 Å². The first kappa shape index (κ1) is 12.3. The van der Waals surface area contributed by atoms with Crippen LogP contribution in [-0.4, -0.2) is 16.8 Å². The second-order valence-corrected chi connectivity index (χ2v) is 6.04. The third-order valence-electron chi connectivity index (χ3n) is 5.33. The van der Waals surface area contributed by atoms with Gasteiger partial charge in [-0.3, -0.25) is 4.79 Å². The minimum Gasteiger partial charge on any atom is -0.361 e. The lowest BCUT2D eigenvalue weighted by atomic mass is 9.51. The van der Waals surface area contributed by atoms with Gasteiger partial charge in [0.2, 0.25) is 5.78 Å². The number of Topliss-reactive ketones (excluding diaryl/α,β-unsaturated/α-hetero) is 1. The zero-order valence-electron chi connectivity index (χ0n) is 11.0. The number of carbonyl (C=O) groups excluding carboxylic acids is 1. The van der Waals surface area contributed by atoms with E-state index in [4.69, 9.17) is 5.53 Å². The van der Waals surface area contributed by atoms with E-state index >= 15 is 0 Å². The highest BCUT2D eigenvalue weighted by Crippen LogP contribution is 2.57. The van der Waals surface area contributed by atoms with Gasteiger partial charge in [-0.05, 0) is 49.5 Å². The number of carbonyl (C=O) groups is 1. The van der Waals surface area contributed by atoms with Crippen LogP contribution in [0, 0.1) is 5.41 Å². The first-order valence-electron chi connectivity index (χ1n) is 6.98. The van der Waals surface area contributed by atoms with E-state index in [1.165, 1.54) is 5.56 Å². The van der Waals surface area contributed by atoms with Gasteiger partial charge in [-0.15, -0.1) is 0 Å². The Balaban J connectivity index is 1.86. The molecule has 0 unspecified atom stereocenters. The molecule has 0 amide bonds. The fraction of sp³-hybridized carbons (Fsp3) is 0.500. The summed E-state index contributed by atoms with van der Waals surface area (Å²) in [5.41, 5.74) is 10.0. The maximum absolute atomic E-state index is 12.1. The van der Waals surface area contributed by atoms with E-state index in [0.717, 1.165) is 44.7 Å². The van der Waals surface area contributed by atoms with Gasteiger partial charge in [0, 0.05) is 5.41 Å². The largest absolute Gasteiger partial charge is 0.361 e. The minimum absolute atomic E-state index is 0.0105. The number of ketones is 1. The second kappa shape index (κ2) is 4.43. The molecular formula is C16H18N2O. The lowest BCUT2D eigenvalue weighted by Crippen LogP contribution is -2.48. The van der Waals surface area contributed by atoms with E-state index in [9.17, 15) is 4.79 Å². The quantitative estimate of drug-likeness (QED) is 0.464. The molecule has 1 aromatic carbocycles. The van der Waals surface area contributed by atoms with Gasteiger partial charge in [0.15, 0.2) is 0 Å². The highest BCUT2D eigenvalue weighted by atomic mass is 16.1. The van der Waals surface area contributed by atoms with Crippen molar-refractivity contribution in [3.8, 4) is 0 Å². The summed E-state index contributed by atoms with van der Waals surface area (Å²) >= 11 is 0. The SMILES string of the molecule is [N-]=[N+]=CC(=O)C12CCC(c3ccccc3)(CC1)CC2. The van der Waals surface area contributed by atoms with E-state index in [1.807, 2.05) is 0 Å². The Morgan fingerprint density at radius 3 is 2.16 bits per heavy atom. The summed E-state index contributed by atoms with van der Waals surface area (Å²) in [5, 5.41) is 0. The van der Waals surface area contributed by atoms with Gasteiger partial charge in [0.05, 0.1) is 0 Å². The monoisotopic (exact) mass is 254 g/mol. The summed E-state index contributed by atoms with van der Waals surface area (Å²) in [5.74, 6) is 0.0105. The van der Waals surface area contributed by atoms with Crippen LogP contribution < -0.4 is 0 Å². The summed E-state index contributed by atoms with van der Waals surface area (Å²) in [6, 6.07) is 10.7. The second-order valence-electron chi connectivity index (χ2n) is 6.04. The van der Waals surface area contributed by atoms with Crippen molar-refractivity contribution in [3.05, 3.63) is 41.4 Å². The molecule has 19 heavy (non-hydrogen) atoms. The molecule has 3 fully saturated rings. The zero-order chi connectivity index (χ0) is 13.3. The number of benzene rings is 1. The highest BCUT2D eigenvalue weighted by molar-refractivity contribution is 6.27. The van der Waals surface area contributed by atoms with Crippen LogP contribution in [0.3, 0.4) is 0 Å². The number of fused-ring (bicyclic) bond motifs is 3. The molecule has 4 rings (SSSR count). The molecule has 0 aromatic heterocycles. The van der Waals surface area contributed by atoms with Crippen molar-refractivity contribution >= 4 is 12.0 Å². The third kappa shape index (κ3) is 1.85. The number of hydrogen-bond donors (Lipinski definition) is 0. The summed E-state index contributed by atoms with van der Waals surface area (Å²) < 4.78 is 0. The predicted molar refractivity (Wildman–Crippen MR) is 72.9 cm³/mol. The average molecular weight is 254 g/mol. The van der Waals surface area contributed by atoms with Crippen molar-refractivity contribution < 1.29 is 9.58 Å². The van der Waals surface area contributed by atoms with Gasteiger partial charge in [-0.2, -0.15) is 4.79 Å². The van der Waals surface area contributed by atoms with Crippen LogP contribution in [-0.2, 0) is 10.2 Å². The number of rotatable bonds is 3. The highest BCUT2D eigenvalue weighted by Gasteiger charge is 2.53. The van der Waals surface area contributed by atoms with Crippen molar-refractivity contribution in [2.45, 2.75) is 43.9 Å². The fourth-order valence-corrected chi connectivity index (χ4v) is 3.97. The van der Waals surface area contributed by atoms with Gasteiger partial charge >= 0.3 is 6.21 Å². The molecule has 3 aliphatic rings. The molecule has 0 saturated heterocycles. The Labute approximate surface area is 113 Å². The predicted octanol–water partition coefficient (Wildman–Crippen LogP) is 3.15. The van der Waals surface area contributed by atoms with Crippen LogP contribution in [0.5, 0.6) is 0 Å². The van der Waals surface area contributed by atoms with Gasteiger partial charge in [0.1, 0.15) is 0 Å². The molecule has 3 aliphatic carbocycles. The lowest BCUT2D eigenvalue weighted by Gasteiger charge is -2.52. The van der Waals surface area contributed by atoms with Crippen molar-refractivity contribution in [1.82, 2.24) is 0 Å². The Morgan fingerprint density at radius 1 is 1.05 bits per heavy atom. The average Bonchev–Trinajstić information content (AvgIpc) is 2.50. The molecule has 3 heteroatoms. The van der Waals surface area contributed by atoms with Crippen molar-refractivity contribution in [2.24, 2.45) is 5.41 Å². The standard InChI is InChI=1S/C16H18N2O/c17-18-12-14(19)16-9-6-15(7-10-16,8-11-16)13-4-2-1-3-5-13/h1-5,12H,6-11H2. The molecule has 3 saturated carbocycles. The molecule has 0 N–H and O–H groups in total. The van der Waals surface area contributed by atoms with E-state index < -0.39 is 0 Å². The molecule has 1 aromatic rings. The molecule has 0 heterocycles. The van der Waals surface area contributed by atoms with Crippen molar-refractivity contribution in [3.63, 3.8) is 0 Å². The summed E-state index contributed by atoms with van der Waals surface area (Å²) in [6.45, 7) is 0. The van der Waals surface area contributed by atoms with Crippen LogP contribution in [0.15, 0.2) is 30.3 Å². The fourth-order valence-electron chi connectivity index (χ4n) is 3.97. The Bertz CT molecular complexity index is 519. The maximum atomic E-state index is 12.1. The maximum Gasteiger partial charge on any atom is 0.323 e. The van der Waals surface area contributed by atoms with Gasteiger partial charge in [-0.1, -0.05) is 30.3 Å². The summed E-state index contributed by atoms with van der Waals surface area (Å²) in [4.78, 5) is 15.0. The zero-order valence-corrected chi connectivity index (χ0v) is 11.0.